The normalized spacial score (nSPS) is 15.7. The SMILES string of the molecule is CCNC(=NCC(c1cccc(OC)c1)N1CCCC1)NCCc1cccc(O)c1. The van der Waals surface area contributed by atoms with Crippen LogP contribution >= 0.6 is 0 Å². The molecular weight excluding hydrogens is 376 g/mol. The molecule has 0 saturated carbocycles. The molecule has 1 atom stereocenters. The third kappa shape index (κ3) is 6.39. The summed E-state index contributed by atoms with van der Waals surface area (Å²) in [6.07, 6.45) is 3.31. The van der Waals surface area contributed by atoms with Crippen LogP contribution in [0.3, 0.4) is 0 Å². The van der Waals surface area contributed by atoms with Gasteiger partial charge >= 0.3 is 0 Å². The maximum Gasteiger partial charge on any atom is 0.191 e. The Hall–Kier alpha value is -2.73. The fraction of sp³-hybridized carbons (Fsp3) is 0.458. The second-order valence-corrected chi connectivity index (χ2v) is 7.60. The van der Waals surface area contributed by atoms with E-state index < -0.39 is 0 Å². The van der Waals surface area contributed by atoms with E-state index in [1.807, 2.05) is 18.2 Å². The molecule has 1 aliphatic rings. The van der Waals surface area contributed by atoms with Crippen LogP contribution in [0.1, 0.15) is 36.9 Å². The number of benzene rings is 2. The highest BCUT2D eigenvalue weighted by Crippen LogP contribution is 2.27. The van der Waals surface area contributed by atoms with Crippen LogP contribution in [0.2, 0.25) is 0 Å². The molecule has 162 valence electrons. The first-order chi connectivity index (χ1) is 14.7. The lowest BCUT2D eigenvalue weighted by atomic mass is 10.1. The number of phenolic OH excluding ortho intramolecular Hbond substituents is 1. The number of nitrogens with zero attached hydrogens (tertiary/aromatic N) is 2. The summed E-state index contributed by atoms with van der Waals surface area (Å²) < 4.78 is 5.44. The Kier molecular flexibility index (Phi) is 8.39. The van der Waals surface area contributed by atoms with Crippen molar-refractivity contribution >= 4 is 5.96 Å². The number of hydrogen-bond acceptors (Lipinski definition) is 4. The summed E-state index contributed by atoms with van der Waals surface area (Å²) >= 11 is 0. The van der Waals surface area contributed by atoms with Gasteiger partial charge in [-0.1, -0.05) is 24.3 Å². The zero-order valence-electron chi connectivity index (χ0n) is 18.1. The van der Waals surface area contributed by atoms with Gasteiger partial charge in [-0.3, -0.25) is 9.89 Å². The Morgan fingerprint density at radius 2 is 1.93 bits per heavy atom. The predicted octanol–water partition coefficient (Wildman–Crippen LogP) is 3.34. The maximum absolute atomic E-state index is 9.63. The van der Waals surface area contributed by atoms with E-state index in [2.05, 4.69) is 40.7 Å². The lowest BCUT2D eigenvalue weighted by Crippen LogP contribution is -2.39. The van der Waals surface area contributed by atoms with Crippen LogP contribution in [0.25, 0.3) is 0 Å². The van der Waals surface area contributed by atoms with Crippen molar-refractivity contribution in [2.45, 2.75) is 32.2 Å². The molecule has 0 spiro atoms. The first-order valence-electron chi connectivity index (χ1n) is 10.9. The number of methoxy groups -OCH3 is 1. The molecule has 0 aliphatic carbocycles. The van der Waals surface area contributed by atoms with E-state index in [0.717, 1.165) is 49.9 Å². The van der Waals surface area contributed by atoms with Gasteiger partial charge in [-0.15, -0.1) is 0 Å². The Labute approximate surface area is 180 Å². The highest BCUT2D eigenvalue weighted by molar-refractivity contribution is 5.79. The van der Waals surface area contributed by atoms with Gasteiger partial charge in [-0.2, -0.15) is 0 Å². The van der Waals surface area contributed by atoms with Crippen LogP contribution in [0.5, 0.6) is 11.5 Å². The first-order valence-corrected chi connectivity index (χ1v) is 10.9. The molecule has 6 nitrogen and oxygen atoms in total. The topological polar surface area (TPSA) is 69.1 Å². The van der Waals surface area contributed by atoms with E-state index in [-0.39, 0.29) is 6.04 Å². The molecule has 3 rings (SSSR count). The van der Waals surface area contributed by atoms with Crippen molar-refractivity contribution < 1.29 is 9.84 Å². The summed E-state index contributed by atoms with van der Waals surface area (Å²) in [5.41, 5.74) is 2.35. The Morgan fingerprint density at radius 3 is 2.67 bits per heavy atom. The fourth-order valence-corrected chi connectivity index (χ4v) is 3.89. The average Bonchev–Trinajstić information content (AvgIpc) is 3.28. The van der Waals surface area contributed by atoms with Gasteiger partial charge in [0.1, 0.15) is 11.5 Å². The van der Waals surface area contributed by atoms with Gasteiger partial charge in [0.15, 0.2) is 5.96 Å². The number of aliphatic imine (C=N–C) groups is 1. The minimum Gasteiger partial charge on any atom is -0.508 e. The van der Waals surface area contributed by atoms with Crippen molar-refractivity contribution in [2.75, 3.05) is 39.8 Å². The molecular formula is C24H34N4O2. The number of aromatic hydroxyl groups is 1. The van der Waals surface area contributed by atoms with Gasteiger partial charge in [0, 0.05) is 13.1 Å². The second kappa shape index (κ2) is 11.5. The zero-order chi connectivity index (χ0) is 21.2. The second-order valence-electron chi connectivity index (χ2n) is 7.60. The largest absolute Gasteiger partial charge is 0.508 e. The van der Waals surface area contributed by atoms with E-state index in [1.54, 1.807) is 19.2 Å². The summed E-state index contributed by atoms with van der Waals surface area (Å²) in [7, 11) is 1.71. The molecule has 1 unspecified atom stereocenters. The van der Waals surface area contributed by atoms with Crippen LogP contribution in [-0.4, -0.2) is 55.8 Å². The van der Waals surface area contributed by atoms with Crippen LogP contribution in [0, 0.1) is 0 Å². The van der Waals surface area contributed by atoms with Crippen LogP contribution in [0.4, 0.5) is 0 Å². The maximum atomic E-state index is 9.63. The van der Waals surface area contributed by atoms with Crippen molar-refractivity contribution in [2.24, 2.45) is 4.99 Å². The average molecular weight is 411 g/mol. The van der Waals surface area contributed by atoms with Gasteiger partial charge < -0.3 is 20.5 Å². The van der Waals surface area contributed by atoms with Crippen molar-refractivity contribution in [3.8, 4) is 11.5 Å². The Bertz CT molecular complexity index is 818. The van der Waals surface area contributed by atoms with Crippen LogP contribution < -0.4 is 15.4 Å². The molecule has 6 heteroatoms. The molecule has 30 heavy (non-hydrogen) atoms. The minimum atomic E-state index is 0.240. The number of likely N-dealkylation sites (tertiary alicyclic amines) is 1. The summed E-state index contributed by atoms with van der Waals surface area (Å²) in [5.74, 6) is 2.02. The van der Waals surface area contributed by atoms with E-state index in [1.165, 1.54) is 18.4 Å². The predicted molar refractivity (Wildman–Crippen MR) is 122 cm³/mol. The first kappa shape index (κ1) is 22.0. The highest BCUT2D eigenvalue weighted by atomic mass is 16.5. The van der Waals surface area contributed by atoms with Crippen LogP contribution in [-0.2, 0) is 6.42 Å². The molecule has 1 saturated heterocycles. The summed E-state index contributed by atoms with van der Waals surface area (Å²) in [6.45, 7) is 6.55. The van der Waals surface area contributed by atoms with Crippen molar-refractivity contribution in [3.05, 3.63) is 59.7 Å². The number of rotatable bonds is 9. The van der Waals surface area contributed by atoms with Crippen LogP contribution in [0.15, 0.2) is 53.5 Å². The Morgan fingerprint density at radius 1 is 1.13 bits per heavy atom. The molecule has 2 aromatic rings. The van der Waals surface area contributed by atoms with Gasteiger partial charge in [0.2, 0.25) is 0 Å². The molecule has 0 aromatic heterocycles. The highest BCUT2D eigenvalue weighted by Gasteiger charge is 2.23. The molecule has 1 aliphatic heterocycles. The zero-order valence-corrected chi connectivity index (χ0v) is 18.1. The summed E-state index contributed by atoms with van der Waals surface area (Å²) in [4.78, 5) is 7.42. The third-order valence-corrected chi connectivity index (χ3v) is 5.44. The van der Waals surface area contributed by atoms with Crippen molar-refractivity contribution in [3.63, 3.8) is 0 Å². The number of hydrogen-bond donors (Lipinski definition) is 3. The van der Waals surface area contributed by atoms with E-state index in [4.69, 9.17) is 9.73 Å². The minimum absolute atomic E-state index is 0.240. The van der Waals surface area contributed by atoms with Gasteiger partial charge in [-0.25, -0.2) is 0 Å². The van der Waals surface area contributed by atoms with E-state index in [0.29, 0.717) is 12.3 Å². The fourth-order valence-electron chi connectivity index (χ4n) is 3.89. The van der Waals surface area contributed by atoms with E-state index in [9.17, 15) is 5.11 Å². The summed E-state index contributed by atoms with van der Waals surface area (Å²) in [5, 5.41) is 16.4. The molecule has 0 bridgehead atoms. The Balaban J connectivity index is 1.67. The molecule has 1 heterocycles. The molecule has 0 amide bonds. The van der Waals surface area contributed by atoms with Gasteiger partial charge in [0.25, 0.3) is 0 Å². The number of guanidine groups is 1. The standard InChI is InChI=1S/C24H34N4O2/c1-3-25-24(26-13-12-19-8-6-10-21(29)16-19)27-18-23(28-14-4-5-15-28)20-9-7-11-22(17-20)30-2/h6-11,16-17,23,29H,3-5,12-15,18H2,1-2H3,(H2,25,26,27). The smallest absolute Gasteiger partial charge is 0.191 e. The van der Waals surface area contributed by atoms with E-state index >= 15 is 0 Å². The molecule has 1 fully saturated rings. The monoisotopic (exact) mass is 410 g/mol. The molecule has 0 radical (unpaired) electrons. The number of ether oxygens (including phenoxy) is 1. The number of nitrogens with one attached hydrogen (secondary N) is 2. The van der Waals surface area contributed by atoms with Gasteiger partial charge in [-0.05, 0) is 74.7 Å². The molecule has 3 N–H and O–H groups in total. The molecule has 2 aromatic carbocycles. The lowest BCUT2D eigenvalue weighted by molar-refractivity contribution is 0.251. The van der Waals surface area contributed by atoms with Crippen molar-refractivity contribution in [1.82, 2.24) is 15.5 Å². The lowest BCUT2D eigenvalue weighted by Gasteiger charge is -2.27. The third-order valence-electron chi connectivity index (χ3n) is 5.44. The number of phenols is 1. The summed E-state index contributed by atoms with van der Waals surface area (Å²) in [6, 6.07) is 16.0. The quantitative estimate of drug-likeness (QED) is 0.437. The van der Waals surface area contributed by atoms with Gasteiger partial charge in [0.05, 0.1) is 19.7 Å². The van der Waals surface area contributed by atoms with Crippen molar-refractivity contribution in [1.29, 1.82) is 0 Å².